The van der Waals surface area contributed by atoms with Crippen LogP contribution < -0.4 is 0 Å². The minimum absolute atomic E-state index is 0.199. The first kappa shape index (κ1) is 16.5. The van der Waals surface area contributed by atoms with Crippen molar-refractivity contribution in [1.29, 1.82) is 0 Å². The van der Waals surface area contributed by atoms with Gasteiger partial charge in [-0.15, -0.1) is 18.1 Å². The SMILES string of the molecule is C#CC[C@]1(O)C(=C=C)C[C@H]2[C@@H]3CCc4cc(O)ccc4[C@H]3CC[C@@]21C. The first-order valence-electron chi connectivity index (χ1n) is 9.31. The molecular formula is C23H26O2. The molecule has 1 aromatic rings. The molecule has 2 nitrogen and oxygen atoms in total. The lowest BCUT2D eigenvalue weighted by molar-refractivity contribution is -0.0845. The Morgan fingerprint density at radius 1 is 1.36 bits per heavy atom. The molecule has 0 radical (unpaired) electrons. The smallest absolute Gasteiger partial charge is 0.115 e. The van der Waals surface area contributed by atoms with Crippen LogP contribution in [0.25, 0.3) is 0 Å². The lowest BCUT2D eigenvalue weighted by atomic mass is 9.53. The summed E-state index contributed by atoms with van der Waals surface area (Å²) in [5, 5.41) is 21.3. The molecule has 2 N–H and O–H groups in total. The molecule has 0 amide bonds. The van der Waals surface area contributed by atoms with E-state index in [4.69, 9.17) is 6.42 Å². The van der Waals surface area contributed by atoms with Gasteiger partial charge in [-0.1, -0.05) is 19.6 Å². The van der Waals surface area contributed by atoms with E-state index in [1.54, 1.807) is 0 Å². The van der Waals surface area contributed by atoms with Crippen LogP contribution in [0.1, 0.15) is 56.1 Å². The quantitative estimate of drug-likeness (QED) is 0.593. The number of terminal acetylenes is 1. The Morgan fingerprint density at radius 3 is 2.88 bits per heavy atom. The number of phenolic OH excluding ortho intramolecular Hbond substituents is 1. The highest BCUT2D eigenvalue weighted by Gasteiger charge is 2.63. The number of phenols is 1. The van der Waals surface area contributed by atoms with E-state index < -0.39 is 5.60 Å². The number of aromatic hydroxyl groups is 1. The van der Waals surface area contributed by atoms with Crippen LogP contribution in [-0.4, -0.2) is 15.8 Å². The van der Waals surface area contributed by atoms with Crippen LogP contribution in [0.3, 0.4) is 0 Å². The van der Waals surface area contributed by atoms with E-state index in [2.05, 4.69) is 31.2 Å². The highest BCUT2D eigenvalue weighted by molar-refractivity contribution is 5.42. The number of aryl methyl sites for hydroxylation is 1. The van der Waals surface area contributed by atoms with Gasteiger partial charge >= 0.3 is 0 Å². The van der Waals surface area contributed by atoms with Gasteiger partial charge in [0.05, 0.1) is 0 Å². The van der Waals surface area contributed by atoms with Crippen molar-refractivity contribution in [3.8, 4) is 18.1 Å². The van der Waals surface area contributed by atoms with Crippen molar-refractivity contribution in [2.24, 2.45) is 17.3 Å². The van der Waals surface area contributed by atoms with Gasteiger partial charge < -0.3 is 10.2 Å². The van der Waals surface area contributed by atoms with Crippen LogP contribution in [-0.2, 0) is 6.42 Å². The zero-order valence-corrected chi connectivity index (χ0v) is 14.9. The number of rotatable bonds is 1. The van der Waals surface area contributed by atoms with Gasteiger partial charge in [0.1, 0.15) is 11.4 Å². The fourth-order valence-corrected chi connectivity index (χ4v) is 6.19. The Hall–Kier alpha value is -1.94. The molecule has 130 valence electrons. The summed E-state index contributed by atoms with van der Waals surface area (Å²) >= 11 is 0. The highest BCUT2D eigenvalue weighted by atomic mass is 16.3. The number of hydrogen-bond donors (Lipinski definition) is 2. The van der Waals surface area contributed by atoms with Gasteiger partial charge in [0.25, 0.3) is 0 Å². The molecule has 0 unspecified atom stereocenters. The zero-order valence-electron chi connectivity index (χ0n) is 14.9. The Morgan fingerprint density at radius 2 is 2.16 bits per heavy atom. The lowest BCUT2D eigenvalue weighted by Gasteiger charge is -2.52. The van der Waals surface area contributed by atoms with Crippen molar-refractivity contribution in [1.82, 2.24) is 0 Å². The Kier molecular flexibility index (Phi) is 3.66. The molecule has 3 aliphatic rings. The Bertz CT molecular complexity index is 810. The molecule has 2 saturated carbocycles. The van der Waals surface area contributed by atoms with Gasteiger partial charge in [-0.2, -0.15) is 0 Å². The maximum Gasteiger partial charge on any atom is 0.115 e. The standard InChI is InChI=1S/C23H26O2/c1-4-11-23(25)16(5-2)14-21-20-8-6-15-13-17(24)7-9-18(15)19(20)10-12-22(21,23)3/h1,7,9,13,19-21,24-25H,2,6,8,10-12,14H2,3H3/t19-,20-,21+,22+,23+/m1/s1. The van der Waals surface area contributed by atoms with Crippen LogP contribution in [0.2, 0.25) is 0 Å². The van der Waals surface area contributed by atoms with Gasteiger partial charge in [0, 0.05) is 17.4 Å². The van der Waals surface area contributed by atoms with Gasteiger partial charge in [0.2, 0.25) is 0 Å². The van der Waals surface area contributed by atoms with Crippen molar-refractivity contribution >= 4 is 0 Å². The molecular weight excluding hydrogens is 308 g/mol. The van der Waals surface area contributed by atoms with Crippen molar-refractivity contribution in [3.63, 3.8) is 0 Å². The first-order valence-corrected chi connectivity index (χ1v) is 9.31. The number of fused-ring (bicyclic) bond motifs is 5. The fourth-order valence-electron chi connectivity index (χ4n) is 6.19. The highest BCUT2D eigenvalue weighted by Crippen LogP contribution is 2.66. The summed E-state index contributed by atoms with van der Waals surface area (Å²) in [6.45, 7) is 6.06. The average molecular weight is 334 g/mol. The molecule has 1 aromatic carbocycles. The summed E-state index contributed by atoms with van der Waals surface area (Å²) in [4.78, 5) is 0. The van der Waals surface area contributed by atoms with Crippen LogP contribution in [0.15, 0.2) is 36.1 Å². The monoisotopic (exact) mass is 334 g/mol. The molecule has 0 aromatic heterocycles. The van der Waals surface area contributed by atoms with Crippen LogP contribution in [0.4, 0.5) is 0 Å². The summed E-state index contributed by atoms with van der Waals surface area (Å²) in [5.74, 6) is 4.54. The van der Waals surface area contributed by atoms with Crippen LogP contribution in [0.5, 0.6) is 5.75 Å². The van der Waals surface area contributed by atoms with E-state index in [9.17, 15) is 10.2 Å². The third-order valence-electron chi connectivity index (χ3n) is 7.54. The fraction of sp³-hybridized carbons (Fsp3) is 0.522. The maximum absolute atomic E-state index is 11.5. The third-order valence-corrected chi connectivity index (χ3v) is 7.54. The number of aliphatic hydroxyl groups is 1. The second-order valence-electron chi connectivity index (χ2n) is 8.36. The van der Waals surface area contributed by atoms with Gasteiger partial charge in [-0.25, -0.2) is 0 Å². The molecule has 2 heteroatoms. The Labute approximate surface area is 150 Å². The van der Waals surface area contributed by atoms with Crippen LogP contribution in [0, 0.1) is 29.6 Å². The van der Waals surface area contributed by atoms with Crippen molar-refractivity contribution in [2.45, 2.75) is 57.0 Å². The van der Waals surface area contributed by atoms with Crippen LogP contribution >= 0.6 is 0 Å². The second-order valence-corrected chi connectivity index (χ2v) is 8.36. The second kappa shape index (κ2) is 5.53. The molecule has 0 saturated heterocycles. The van der Waals surface area contributed by atoms with Crippen molar-refractivity contribution in [2.75, 3.05) is 0 Å². The topological polar surface area (TPSA) is 40.5 Å². The summed E-state index contributed by atoms with van der Waals surface area (Å²) in [6, 6.07) is 5.85. The average Bonchev–Trinajstić information content (AvgIpc) is 2.82. The summed E-state index contributed by atoms with van der Waals surface area (Å²) in [5.41, 5.74) is 5.47. The molecule has 5 atom stereocenters. The van der Waals surface area contributed by atoms with Crippen molar-refractivity contribution < 1.29 is 10.2 Å². The van der Waals surface area contributed by atoms with E-state index in [0.29, 0.717) is 29.9 Å². The predicted octanol–water partition coefficient (Wildman–Crippen LogP) is 4.32. The van der Waals surface area contributed by atoms with Crippen molar-refractivity contribution in [3.05, 3.63) is 47.2 Å². The zero-order chi connectivity index (χ0) is 17.8. The molecule has 0 heterocycles. The Balaban J connectivity index is 1.76. The predicted molar refractivity (Wildman–Crippen MR) is 99.2 cm³/mol. The molecule has 2 fully saturated rings. The van der Waals surface area contributed by atoms with Gasteiger partial charge in [0.15, 0.2) is 0 Å². The summed E-state index contributed by atoms with van der Waals surface area (Å²) < 4.78 is 0. The number of benzene rings is 1. The largest absolute Gasteiger partial charge is 0.508 e. The third kappa shape index (κ3) is 2.10. The normalized spacial score (nSPS) is 38.9. The van der Waals surface area contributed by atoms with E-state index in [-0.39, 0.29) is 5.41 Å². The van der Waals surface area contributed by atoms with E-state index in [1.807, 2.05) is 12.1 Å². The van der Waals surface area contributed by atoms with Gasteiger partial charge in [-0.05, 0) is 73.1 Å². The molecule has 0 aliphatic heterocycles. The lowest BCUT2D eigenvalue weighted by Crippen LogP contribution is -2.51. The van der Waals surface area contributed by atoms with Gasteiger partial charge in [-0.3, -0.25) is 0 Å². The van der Waals surface area contributed by atoms with E-state index in [1.165, 1.54) is 11.1 Å². The number of hydrogen-bond acceptors (Lipinski definition) is 2. The summed E-state index contributed by atoms with van der Waals surface area (Å²) in [7, 11) is 0. The minimum Gasteiger partial charge on any atom is -0.508 e. The first-order chi connectivity index (χ1) is 11.9. The minimum atomic E-state index is -0.964. The molecule has 4 rings (SSSR count). The van der Waals surface area contributed by atoms with E-state index in [0.717, 1.165) is 37.7 Å². The molecule has 0 bridgehead atoms. The molecule has 25 heavy (non-hydrogen) atoms. The summed E-state index contributed by atoms with van der Waals surface area (Å²) in [6.07, 6.45) is 10.9. The molecule has 3 aliphatic carbocycles. The maximum atomic E-state index is 11.5. The van der Waals surface area contributed by atoms with E-state index >= 15 is 0 Å². The molecule has 0 spiro atoms.